The maximum Gasteiger partial charge on any atom is 0.119 e. The molecular formula is C17H16N2O2. The van der Waals surface area contributed by atoms with Gasteiger partial charge in [0.25, 0.3) is 0 Å². The van der Waals surface area contributed by atoms with Crippen molar-refractivity contribution in [2.24, 2.45) is 0 Å². The molecule has 0 fully saturated rings. The van der Waals surface area contributed by atoms with Crippen molar-refractivity contribution in [3.05, 3.63) is 60.3 Å². The number of anilines is 1. The monoisotopic (exact) mass is 280 g/mol. The Hall–Kier alpha value is -2.75. The normalized spacial score (nSPS) is 12.2. The molecule has 0 radical (unpaired) electrons. The van der Waals surface area contributed by atoms with Gasteiger partial charge in [-0.1, -0.05) is 6.07 Å². The summed E-state index contributed by atoms with van der Waals surface area (Å²) in [7, 11) is 0. The molecule has 0 bridgehead atoms. The number of hydrogen-bond acceptors (Lipinski definition) is 4. The van der Waals surface area contributed by atoms with Gasteiger partial charge in [0.1, 0.15) is 11.5 Å². The quantitative estimate of drug-likeness (QED) is 0.682. The van der Waals surface area contributed by atoms with Crippen molar-refractivity contribution < 1.29 is 10.2 Å². The van der Waals surface area contributed by atoms with Crippen LogP contribution in [0.1, 0.15) is 18.5 Å². The number of benzene rings is 2. The summed E-state index contributed by atoms with van der Waals surface area (Å²) in [6.07, 6.45) is 1.77. The van der Waals surface area contributed by atoms with Crippen molar-refractivity contribution in [1.29, 1.82) is 0 Å². The average molecular weight is 280 g/mol. The summed E-state index contributed by atoms with van der Waals surface area (Å²) >= 11 is 0. The van der Waals surface area contributed by atoms with Crippen LogP contribution in [-0.2, 0) is 0 Å². The number of nitrogens with one attached hydrogen (secondary N) is 1. The lowest BCUT2D eigenvalue weighted by Gasteiger charge is -2.17. The van der Waals surface area contributed by atoms with Gasteiger partial charge >= 0.3 is 0 Å². The van der Waals surface area contributed by atoms with E-state index in [2.05, 4.69) is 10.3 Å². The molecule has 1 atom stereocenters. The molecule has 4 heteroatoms. The van der Waals surface area contributed by atoms with E-state index in [9.17, 15) is 10.2 Å². The molecule has 0 aliphatic heterocycles. The molecule has 0 aliphatic rings. The summed E-state index contributed by atoms with van der Waals surface area (Å²) in [6.45, 7) is 1.98. The molecule has 1 unspecified atom stereocenters. The maximum absolute atomic E-state index is 9.58. The number of hydrogen-bond donors (Lipinski definition) is 3. The van der Waals surface area contributed by atoms with Crippen molar-refractivity contribution in [3.8, 4) is 11.5 Å². The van der Waals surface area contributed by atoms with E-state index in [0.29, 0.717) is 0 Å². The average Bonchev–Trinajstić information content (AvgIpc) is 2.46. The topological polar surface area (TPSA) is 65.4 Å². The Morgan fingerprint density at radius 3 is 2.52 bits per heavy atom. The Balaban J connectivity index is 1.94. The van der Waals surface area contributed by atoms with Gasteiger partial charge in [0, 0.05) is 29.4 Å². The fraction of sp³-hybridized carbons (Fsp3) is 0.118. The summed E-state index contributed by atoms with van der Waals surface area (Å²) in [6, 6.07) is 14.3. The third-order valence-electron chi connectivity index (χ3n) is 3.44. The minimum atomic E-state index is -0.0613. The predicted octanol–water partition coefficient (Wildman–Crippen LogP) is 3.82. The Morgan fingerprint density at radius 2 is 1.76 bits per heavy atom. The van der Waals surface area contributed by atoms with Crippen LogP contribution in [0.3, 0.4) is 0 Å². The fourth-order valence-electron chi connectivity index (χ4n) is 2.41. The number of aromatic nitrogens is 1. The zero-order valence-electron chi connectivity index (χ0n) is 11.6. The van der Waals surface area contributed by atoms with Gasteiger partial charge < -0.3 is 15.5 Å². The van der Waals surface area contributed by atoms with Gasteiger partial charge in [-0.25, -0.2) is 0 Å². The van der Waals surface area contributed by atoms with Crippen LogP contribution in [0, 0.1) is 0 Å². The largest absolute Gasteiger partial charge is 0.508 e. The minimum Gasteiger partial charge on any atom is -0.508 e. The van der Waals surface area contributed by atoms with Crippen LogP contribution in [-0.4, -0.2) is 15.2 Å². The number of phenols is 2. The smallest absolute Gasteiger partial charge is 0.119 e. The zero-order valence-corrected chi connectivity index (χ0v) is 11.6. The first kappa shape index (κ1) is 13.2. The van der Waals surface area contributed by atoms with Crippen LogP contribution in [0.15, 0.2) is 54.7 Å². The van der Waals surface area contributed by atoms with Crippen molar-refractivity contribution >= 4 is 16.6 Å². The maximum atomic E-state index is 9.58. The molecule has 0 aliphatic carbocycles. The number of phenolic OH excluding ortho intramolecular Hbond substituents is 2. The molecule has 0 saturated carbocycles. The lowest BCUT2D eigenvalue weighted by molar-refractivity contribution is 0.448. The molecule has 21 heavy (non-hydrogen) atoms. The molecule has 0 spiro atoms. The van der Waals surface area contributed by atoms with E-state index < -0.39 is 0 Å². The highest BCUT2D eigenvalue weighted by molar-refractivity contribution is 5.91. The van der Waals surface area contributed by atoms with E-state index in [1.165, 1.54) is 6.07 Å². The Kier molecular flexibility index (Phi) is 3.36. The van der Waals surface area contributed by atoms with Crippen molar-refractivity contribution in [2.45, 2.75) is 13.0 Å². The summed E-state index contributed by atoms with van der Waals surface area (Å²) in [5.41, 5.74) is 2.71. The van der Waals surface area contributed by atoms with Gasteiger partial charge in [-0.3, -0.25) is 4.98 Å². The lowest BCUT2D eigenvalue weighted by atomic mass is 10.1. The van der Waals surface area contributed by atoms with E-state index in [0.717, 1.165) is 22.2 Å². The van der Waals surface area contributed by atoms with Crippen LogP contribution in [0.4, 0.5) is 5.69 Å². The third-order valence-corrected chi connectivity index (χ3v) is 3.44. The van der Waals surface area contributed by atoms with Crippen LogP contribution >= 0.6 is 0 Å². The Bertz CT molecular complexity index is 761. The first-order valence-corrected chi connectivity index (χ1v) is 6.77. The molecule has 4 nitrogen and oxygen atoms in total. The van der Waals surface area contributed by atoms with Gasteiger partial charge in [0.2, 0.25) is 0 Å². The number of nitrogens with zero attached hydrogens (tertiary/aromatic N) is 1. The van der Waals surface area contributed by atoms with Crippen molar-refractivity contribution in [2.75, 3.05) is 5.32 Å². The van der Waals surface area contributed by atoms with Crippen LogP contribution < -0.4 is 5.32 Å². The van der Waals surface area contributed by atoms with Gasteiger partial charge in [-0.2, -0.15) is 0 Å². The SMILES string of the molecule is CC(Nc1cccc2ncccc12)c1cc(O)cc(O)c1. The molecular weight excluding hydrogens is 264 g/mol. The van der Waals surface area contributed by atoms with Gasteiger partial charge in [0.05, 0.1) is 5.52 Å². The molecule has 0 amide bonds. The van der Waals surface area contributed by atoms with Crippen LogP contribution in [0.2, 0.25) is 0 Å². The van der Waals surface area contributed by atoms with Crippen molar-refractivity contribution in [3.63, 3.8) is 0 Å². The molecule has 1 aromatic heterocycles. The molecule has 3 aromatic rings. The first-order valence-electron chi connectivity index (χ1n) is 6.77. The van der Waals surface area contributed by atoms with Crippen LogP contribution in [0.25, 0.3) is 10.9 Å². The Labute approximate surface area is 122 Å². The summed E-state index contributed by atoms with van der Waals surface area (Å²) < 4.78 is 0. The fourth-order valence-corrected chi connectivity index (χ4v) is 2.41. The van der Waals surface area contributed by atoms with E-state index >= 15 is 0 Å². The van der Waals surface area contributed by atoms with Gasteiger partial charge in [0.15, 0.2) is 0 Å². The third kappa shape index (κ3) is 2.74. The molecule has 106 valence electrons. The second-order valence-corrected chi connectivity index (χ2v) is 5.02. The highest BCUT2D eigenvalue weighted by Gasteiger charge is 2.10. The minimum absolute atomic E-state index is 0.0539. The zero-order chi connectivity index (χ0) is 14.8. The van der Waals surface area contributed by atoms with Gasteiger partial charge in [-0.15, -0.1) is 0 Å². The second kappa shape index (κ2) is 5.32. The molecule has 0 saturated heterocycles. The molecule has 3 N–H and O–H groups in total. The number of pyridine rings is 1. The Morgan fingerprint density at radius 1 is 1.00 bits per heavy atom. The van der Waals surface area contributed by atoms with Crippen molar-refractivity contribution in [1.82, 2.24) is 4.98 Å². The molecule has 1 heterocycles. The van der Waals surface area contributed by atoms with E-state index in [4.69, 9.17) is 0 Å². The predicted molar refractivity (Wildman–Crippen MR) is 83.6 cm³/mol. The summed E-state index contributed by atoms with van der Waals surface area (Å²) in [5.74, 6) is 0.108. The second-order valence-electron chi connectivity index (χ2n) is 5.02. The summed E-state index contributed by atoms with van der Waals surface area (Å²) in [4.78, 5) is 4.33. The highest BCUT2D eigenvalue weighted by Crippen LogP contribution is 2.29. The number of fused-ring (bicyclic) bond motifs is 1. The highest BCUT2D eigenvalue weighted by atomic mass is 16.3. The van der Waals surface area contributed by atoms with E-state index in [1.807, 2.05) is 37.3 Å². The first-order chi connectivity index (χ1) is 10.1. The molecule has 3 rings (SSSR count). The van der Waals surface area contributed by atoms with Gasteiger partial charge in [-0.05, 0) is 48.9 Å². The standard InChI is InChI=1S/C17H16N2O2/c1-11(12-8-13(20)10-14(21)9-12)19-17-6-2-5-16-15(17)4-3-7-18-16/h2-11,19-21H,1H3. The number of aromatic hydroxyl groups is 2. The lowest BCUT2D eigenvalue weighted by Crippen LogP contribution is -2.06. The number of rotatable bonds is 3. The molecule has 2 aromatic carbocycles. The summed E-state index contributed by atoms with van der Waals surface area (Å²) in [5, 5.41) is 23.6. The van der Waals surface area contributed by atoms with E-state index in [1.54, 1.807) is 18.3 Å². The van der Waals surface area contributed by atoms with E-state index in [-0.39, 0.29) is 17.5 Å². The van der Waals surface area contributed by atoms with Crippen LogP contribution in [0.5, 0.6) is 11.5 Å².